The van der Waals surface area contributed by atoms with Crippen LogP contribution in [-0.2, 0) is 17.4 Å². The molecule has 3 N–H and O–H groups in total. The van der Waals surface area contributed by atoms with Gasteiger partial charge in [0.2, 0.25) is 0 Å². The van der Waals surface area contributed by atoms with Crippen molar-refractivity contribution in [2.24, 2.45) is 5.92 Å². The Kier molecular flexibility index (Phi) is 4.32. The number of halogens is 1. The molecule has 1 saturated carbocycles. The zero-order valence-corrected chi connectivity index (χ0v) is 15.7. The smallest absolute Gasteiger partial charge is 0.126 e. The first-order valence-electron chi connectivity index (χ1n) is 9.77. The predicted molar refractivity (Wildman–Crippen MR) is 102 cm³/mol. The third-order valence-electron chi connectivity index (χ3n) is 7.19. The lowest BCUT2D eigenvalue weighted by Gasteiger charge is -2.59. The third kappa shape index (κ3) is 2.54. The molecule has 2 aliphatic rings. The SMILES string of the molecule is CC[C@@]12C[C@@](O)(CF)[C@](O)(c3ccccc3)C[C@H]1CCc1cc(O)ccc12. The second kappa shape index (κ2) is 6.32. The summed E-state index contributed by atoms with van der Waals surface area (Å²) in [6.45, 7) is 1.07. The largest absolute Gasteiger partial charge is 0.508 e. The fourth-order valence-electron chi connectivity index (χ4n) is 5.71. The van der Waals surface area contributed by atoms with E-state index in [0.29, 0.717) is 12.0 Å². The molecule has 2 aromatic rings. The number of phenols is 1. The van der Waals surface area contributed by atoms with Crippen LogP contribution in [0.1, 0.15) is 49.3 Å². The molecule has 0 radical (unpaired) electrons. The maximum atomic E-state index is 14.3. The van der Waals surface area contributed by atoms with Gasteiger partial charge in [0.15, 0.2) is 0 Å². The van der Waals surface area contributed by atoms with Crippen molar-refractivity contribution < 1.29 is 19.7 Å². The van der Waals surface area contributed by atoms with Crippen LogP contribution >= 0.6 is 0 Å². The summed E-state index contributed by atoms with van der Waals surface area (Å²) < 4.78 is 14.3. The number of aliphatic hydroxyl groups is 2. The van der Waals surface area contributed by atoms with E-state index in [9.17, 15) is 19.7 Å². The summed E-state index contributed by atoms with van der Waals surface area (Å²) in [5.41, 5.74) is -1.14. The van der Waals surface area contributed by atoms with Crippen molar-refractivity contribution >= 4 is 0 Å². The van der Waals surface area contributed by atoms with Crippen molar-refractivity contribution in [2.45, 2.75) is 55.6 Å². The van der Waals surface area contributed by atoms with Crippen molar-refractivity contribution in [3.8, 4) is 5.75 Å². The number of benzene rings is 2. The molecule has 0 saturated heterocycles. The Morgan fingerprint density at radius 1 is 1.11 bits per heavy atom. The second-order valence-electron chi connectivity index (χ2n) is 8.36. The van der Waals surface area contributed by atoms with E-state index >= 15 is 0 Å². The minimum atomic E-state index is -1.85. The minimum Gasteiger partial charge on any atom is -0.508 e. The number of phenolic OH excluding ortho intramolecular Hbond substituents is 1. The zero-order valence-electron chi connectivity index (χ0n) is 15.7. The van der Waals surface area contributed by atoms with Gasteiger partial charge in [0.1, 0.15) is 23.6 Å². The molecule has 2 aliphatic carbocycles. The normalized spacial score (nSPS) is 35.3. The zero-order chi connectivity index (χ0) is 19.3. The van der Waals surface area contributed by atoms with E-state index in [1.807, 2.05) is 24.3 Å². The molecule has 0 spiro atoms. The molecule has 27 heavy (non-hydrogen) atoms. The summed E-state index contributed by atoms with van der Waals surface area (Å²) in [5, 5.41) is 32.8. The lowest BCUT2D eigenvalue weighted by atomic mass is 9.48. The number of rotatable bonds is 3. The van der Waals surface area contributed by atoms with Crippen LogP contribution < -0.4 is 0 Å². The van der Waals surface area contributed by atoms with Gasteiger partial charge in [-0.15, -0.1) is 0 Å². The van der Waals surface area contributed by atoms with Crippen molar-refractivity contribution in [3.05, 3.63) is 65.2 Å². The second-order valence-corrected chi connectivity index (χ2v) is 8.36. The fraction of sp³-hybridized carbons (Fsp3) is 0.478. The number of hydrogen-bond donors (Lipinski definition) is 3. The van der Waals surface area contributed by atoms with Crippen LogP contribution in [0.3, 0.4) is 0 Å². The first-order chi connectivity index (χ1) is 12.9. The Morgan fingerprint density at radius 3 is 2.52 bits per heavy atom. The monoisotopic (exact) mass is 370 g/mol. The summed E-state index contributed by atoms with van der Waals surface area (Å²) in [6.07, 6.45) is 2.91. The minimum absolute atomic E-state index is 0.136. The van der Waals surface area contributed by atoms with Crippen LogP contribution in [0.2, 0.25) is 0 Å². The standard InChI is InChI=1S/C23H27FO3/c1-2-21-14-22(26,15-24)23(27,17-6-4-3-5-7-17)13-18(21)9-8-16-12-19(25)10-11-20(16)21/h3-7,10-12,18,25-27H,2,8-9,13-15H2,1H3/t18-,21-,22-,23-/m1/s1. The third-order valence-corrected chi connectivity index (χ3v) is 7.19. The molecule has 4 atom stereocenters. The summed E-state index contributed by atoms with van der Waals surface area (Å²) >= 11 is 0. The molecule has 144 valence electrons. The Hall–Kier alpha value is -1.91. The molecule has 0 aliphatic heterocycles. The molecule has 4 rings (SSSR count). The Morgan fingerprint density at radius 2 is 1.85 bits per heavy atom. The van der Waals surface area contributed by atoms with Crippen LogP contribution in [0.15, 0.2) is 48.5 Å². The van der Waals surface area contributed by atoms with Gasteiger partial charge in [-0.25, -0.2) is 4.39 Å². The topological polar surface area (TPSA) is 60.7 Å². The van der Waals surface area contributed by atoms with Gasteiger partial charge >= 0.3 is 0 Å². The van der Waals surface area contributed by atoms with E-state index in [2.05, 4.69) is 6.92 Å². The number of aryl methyl sites for hydroxylation is 1. The maximum absolute atomic E-state index is 14.3. The number of alkyl halides is 1. The van der Waals surface area contributed by atoms with Crippen molar-refractivity contribution in [3.63, 3.8) is 0 Å². The average molecular weight is 370 g/mol. The number of hydrogen-bond acceptors (Lipinski definition) is 3. The van der Waals surface area contributed by atoms with Gasteiger partial charge in [0.05, 0.1) is 0 Å². The van der Waals surface area contributed by atoms with E-state index in [-0.39, 0.29) is 18.1 Å². The van der Waals surface area contributed by atoms with E-state index in [4.69, 9.17) is 0 Å². The molecular weight excluding hydrogens is 343 g/mol. The average Bonchev–Trinajstić information content (AvgIpc) is 2.69. The number of aromatic hydroxyl groups is 1. The molecule has 4 heteroatoms. The molecule has 0 unspecified atom stereocenters. The summed E-state index contributed by atoms with van der Waals surface area (Å²) in [6, 6.07) is 14.4. The fourth-order valence-corrected chi connectivity index (χ4v) is 5.71. The van der Waals surface area contributed by atoms with E-state index in [1.165, 1.54) is 0 Å². The van der Waals surface area contributed by atoms with Gasteiger partial charge in [-0.05, 0) is 66.8 Å². The van der Waals surface area contributed by atoms with Crippen molar-refractivity contribution in [1.29, 1.82) is 0 Å². The first kappa shape index (κ1) is 18.5. The molecular formula is C23H27FO3. The van der Waals surface area contributed by atoms with Crippen LogP contribution in [-0.4, -0.2) is 27.6 Å². The Labute approximate surface area is 159 Å². The molecule has 0 heterocycles. The van der Waals surface area contributed by atoms with Gasteiger partial charge < -0.3 is 15.3 Å². The van der Waals surface area contributed by atoms with Crippen LogP contribution in [0.25, 0.3) is 0 Å². The van der Waals surface area contributed by atoms with E-state index < -0.39 is 23.3 Å². The predicted octanol–water partition coefficient (Wildman–Crippen LogP) is 3.98. The quantitative estimate of drug-likeness (QED) is 0.766. The van der Waals surface area contributed by atoms with E-state index in [0.717, 1.165) is 30.4 Å². The molecule has 1 fully saturated rings. The van der Waals surface area contributed by atoms with Gasteiger partial charge in [-0.1, -0.05) is 43.3 Å². The van der Waals surface area contributed by atoms with Crippen molar-refractivity contribution in [2.75, 3.05) is 6.67 Å². The van der Waals surface area contributed by atoms with Crippen LogP contribution in [0.5, 0.6) is 5.75 Å². The van der Waals surface area contributed by atoms with Gasteiger partial charge in [0.25, 0.3) is 0 Å². The van der Waals surface area contributed by atoms with Crippen LogP contribution in [0.4, 0.5) is 4.39 Å². The highest BCUT2D eigenvalue weighted by Gasteiger charge is 2.62. The van der Waals surface area contributed by atoms with Gasteiger partial charge in [-0.2, -0.15) is 0 Å². The van der Waals surface area contributed by atoms with Gasteiger partial charge in [-0.3, -0.25) is 0 Å². The Bertz CT molecular complexity index is 839. The van der Waals surface area contributed by atoms with E-state index in [1.54, 1.807) is 24.3 Å². The first-order valence-corrected chi connectivity index (χ1v) is 9.77. The maximum Gasteiger partial charge on any atom is 0.126 e. The molecule has 0 bridgehead atoms. The highest BCUT2D eigenvalue weighted by Crippen LogP contribution is 2.60. The Balaban J connectivity index is 1.86. The summed E-state index contributed by atoms with van der Waals surface area (Å²) in [4.78, 5) is 0. The highest BCUT2D eigenvalue weighted by molar-refractivity contribution is 5.45. The number of fused-ring (bicyclic) bond motifs is 3. The molecule has 0 amide bonds. The van der Waals surface area contributed by atoms with Crippen LogP contribution in [0, 0.1) is 5.92 Å². The lowest BCUT2D eigenvalue weighted by Crippen LogP contribution is -2.64. The van der Waals surface area contributed by atoms with Crippen molar-refractivity contribution in [1.82, 2.24) is 0 Å². The lowest BCUT2D eigenvalue weighted by molar-refractivity contribution is -0.220. The van der Waals surface area contributed by atoms with Gasteiger partial charge in [0, 0.05) is 5.41 Å². The highest BCUT2D eigenvalue weighted by atomic mass is 19.1. The molecule has 0 aromatic heterocycles. The molecule has 2 aromatic carbocycles. The summed E-state index contributed by atoms with van der Waals surface area (Å²) in [7, 11) is 0. The summed E-state index contributed by atoms with van der Waals surface area (Å²) in [5.74, 6) is 0.368. The molecule has 3 nitrogen and oxygen atoms in total.